The molecule has 1 aliphatic rings. The number of hydrogen-bond donors (Lipinski definition) is 0. The van der Waals surface area contributed by atoms with Crippen molar-refractivity contribution in [3.05, 3.63) is 65.2 Å². The highest BCUT2D eigenvalue weighted by Gasteiger charge is 2.29. The van der Waals surface area contributed by atoms with E-state index in [1.54, 1.807) is 11.8 Å². The van der Waals surface area contributed by atoms with E-state index in [0.29, 0.717) is 23.4 Å². The Labute approximate surface area is 168 Å². The van der Waals surface area contributed by atoms with Crippen LogP contribution in [0.15, 0.2) is 53.9 Å². The summed E-state index contributed by atoms with van der Waals surface area (Å²) in [6, 6.07) is 12.1. The molecule has 1 aliphatic carbocycles. The minimum Gasteiger partial charge on any atom is -0.484 e. The molecule has 0 radical (unpaired) electrons. The molecular weight excluding hydrogens is 380 g/mol. The van der Waals surface area contributed by atoms with Crippen molar-refractivity contribution >= 4 is 23.4 Å². The first-order valence-corrected chi connectivity index (χ1v) is 10.5. The molecule has 2 aromatic heterocycles. The highest BCUT2D eigenvalue weighted by atomic mass is 35.5. The van der Waals surface area contributed by atoms with Crippen LogP contribution in [0.2, 0.25) is 5.02 Å². The third-order valence-electron chi connectivity index (χ3n) is 4.43. The fourth-order valence-corrected chi connectivity index (χ4v) is 4.05. The first-order chi connectivity index (χ1) is 13.3. The summed E-state index contributed by atoms with van der Waals surface area (Å²) in [5.41, 5.74) is 1.32. The molecule has 7 heteroatoms. The SMILES string of the molecule is Clc1ccccc1OCc1nnc(SCCCc2ccncc2)n1C1CC1. The number of thioether (sulfide) groups is 1. The lowest BCUT2D eigenvalue weighted by molar-refractivity contribution is 0.288. The van der Waals surface area contributed by atoms with Gasteiger partial charge in [-0.1, -0.05) is 35.5 Å². The van der Waals surface area contributed by atoms with E-state index < -0.39 is 0 Å². The monoisotopic (exact) mass is 400 g/mol. The molecule has 0 amide bonds. The van der Waals surface area contributed by atoms with E-state index >= 15 is 0 Å². The average Bonchev–Trinajstić information content (AvgIpc) is 3.46. The Morgan fingerprint density at radius 2 is 1.93 bits per heavy atom. The van der Waals surface area contributed by atoms with Crippen molar-refractivity contribution in [2.24, 2.45) is 0 Å². The van der Waals surface area contributed by atoms with Crippen molar-refractivity contribution in [1.29, 1.82) is 0 Å². The largest absolute Gasteiger partial charge is 0.484 e. The van der Waals surface area contributed by atoms with Gasteiger partial charge in [0.15, 0.2) is 11.0 Å². The van der Waals surface area contributed by atoms with E-state index in [1.807, 2.05) is 36.7 Å². The van der Waals surface area contributed by atoms with Gasteiger partial charge in [0.05, 0.1) is 5.02 Å². The summed E-state index contributed by atoms with van der Waals surface area (Å²) in [4.78, 5) is 4.06. The third kappa shape index (κ3) is 4.82. The van der Waals surface area contributed by atoms with E-state index in [9.17, 15) is 0 Å². The van der Waals surface area contributed by atoms with Crippen LogP contribution in [0.1, 0.15) is 36.7 Å². The van der Waals surface area contributed by atoms with Crippen LogP contribution in [-0.2, 0) is 13.0 Å². The summed E-state index contributed by atoms with van der Waals surface area (Å²) in [6.45, 7) is 0.380. The number of halogens is 1. The summed E-state index contributed by atoms with van der Waals surface area (Å²) in [5.74, 6) is 2.56. The van der Waals surface area contributed by atoms with Crippen LogP contribution >= 0.6 is 23.4 Å². The van der Waals surface area contributed by atoms with Gasteiger partial charge in [-0.3, -0.25) is 4.98 Å². The molecule has 0 unspecified atom stereocenters. The summed E-state index contributed by atoms with van der Waals surface area (Å²) in [5, 5.41) is 10.4. The Morgan fingerprint density at radius 3 is 2.70 bits per heavy atom. The predicted molar refractivity (Wildman–Crippen MR) is 107 cm³/mol. The molecule has 0 spiro atoms. The van der Waals surface area contributed by atoms with Gasteiger partial charge in [0.2, 0.25) is 0 Å². The number of aryl methyl sites for hydroxylation is 1. The molecule has 0 N–H and O–H groups in total. The first-order valence-electron chi connectivity index (χ1n) is 9.14. The molecule has 140 valence electrons. The van der Waals surface area contributed by atoms with Gasteiger partial charge in [0, 0.05) is 24.2 Å². The molecule has 0 saturated heterocycles. The predicted octanol–water partition coefficient (Wildman–Crippen LogP) is 4.97. The summed E-state index contributed by atoms with van der Waals surface area (Å²) in [6.07, 6.45) is 8.20. The molecule has 5 nitrogen and oxygen atoms in total. The number of nitrogens with zero attached hydrogens (tertiary/aromatic N) is 4. The van der Waals surface area contributed by atoms with Crippen LogP contribution < -0.4 is 4.74 Å². The third-order valence-corrected chi connectivity index (χ3v) is 5.77. The average molecular weight is 401 g/mol. The summed E-state index contributed by atoms with van der Waals surface area (Å²) in [7, 11) is 0. The van der Waals surface area contributed by atoms with Gasteiger partial charge in [0.1, 0.15) is 12.4 Å². The zero-order chi connectivity index (χ0) is 18.5. The highest BCUT2D eigenvalue weighted by Crippen LogP contribution is 2.39. The van der Waals surface area contributed by atoms with Gasteiger partial charge in [-0.15, -0.1) is 10.2 Å². The van der Waals surface area contributed by atoms with Crippen LogP contribution in [-0.4, -0.2) is 25.5 Å². The van der Waals surface area contributed by atoms with E-state index in [4.69, 9.17) is 16.3 Å². The second-order valence-corrected chi connectivity index (χ2v) is 8.00. The first kappa shape index (κ1) is 18.3. The maximum absolute atomic E-state index is 6.17. The van der Waals surface area contributed by atoms with Crippen molar-refractivity contribution in [3.8, 4) is 5.75 Å². The zero-order valence-corrected chi connectivity index (χ0v) is 16.5. The Bertz CT molecular complexity index is 883. The van der Waals surface area contributed by atoms with Crippen LogP contribution in [0, 0.1) is 0 Å². The van der Waals surface area contributed by atoms with Gasteiger partial charge < -0.3 is 9.30 Å². The van der Waals surface area contributed by atoms with Gasteiger partial charge in [0.25, 0.3) is 0 Å². The minimum atomic E-state index is 0.380. The molecule has 2 heterocycles. The molecule has 1 fully saturated rings. The molecule has 0 atom stereocenters. The summed E-state index contributed by atoms with van der Waals surface area (Å²) >= 11 is 7.94. The quantitative estimate of drug-likeness (QED) is 0.375. The molecular formula is C20H21ClN4OS. The Hall–Kier alpha value is -2.05. The Kier molecular flexibility index (Phi) is 5.94. The van der Waals surface area contributed by atoms with Crippen LogP contribution in [0.5, 0.6) is 5.75 Å². The lowest BCUT2D eigenvalue weighted by Crippen LogP contribution is -2.07. The molecule has 1 aromatic carbocycles. The van der Waals surface area contributed by atoms with Gasteiger partial charge in [-0.05, 0) is 55.5 Å². The van der Waals surface area contributed by atoms with Crippen LogP contribution in [0.25, 0.3) is 0 Å². The highest BCUT2D eigenvalue weighted by molar-refractivity contribution is 7.99. The standard InChI is InChI=1S/C20H21ClN4OS/c21-17-5-1-2-6-18(17)26-14-19-23-24-20(25(19)16-7-8-16)27-13-3-4-15-9-11-22-12-10-15/h1-2,5-6,9-12,16H,3-4,7-8,13-14H2. The lowest BCUT2D eigenvalue weighted by Gasteiger charge is -2.10. The maximum atomic E-state index is 6.17. The molecule has 0 aliphatic heterocycles. The number of rotatable bonds is 9. The number of benzene rings is 1. The smallest absolute Gasteiger partial charge is 0.191 e. The van der Waals surface area contributed by atoms with Crippen molar-refractivity contribution in [1.82, 2.24) is 19.7 Å². The number of pyridine rings is 1. The van der Waals surface area contributed by atoms with E-state index in [1.165, 1.54) is 18.4 Å². The fraction of sp³-hybridized carbons (Fsp3) is 0.350. The topological polar surface area (TPSA) is 52.8 Å². The number of para-hydroxylation sites is 1. The normalized spacial score (nSPS) is 13.7. The van der Waals surface area contributed by atoms with E-state index in [0.717, 1.165) is 29.6 Å². The Balaban J connectivity index is 1.35. The van der Waals surface area contributed by atoms with E-state index in [2.05, 4.69) is 31.9 Å². The van der Waals surface area contributed by atoms with Gasteiger partial charge in [-0.25, -0.2) is 0 Å². The van der Waals surface area contributed by atoms with Gasteiger partial charge >= 0.3 is 0 Å². The number of aromatic nitrogens is 4. The fourth-order valence-electron chi connectivity index (χ4n) is 2.90. The van der Waals surface area contributed by atoms with Crippen molar-refractivity contribution in [2.75, 3.05) is 5.75 Å². The molecule has 27 heavy (non-hydrogen) atoms. The van der Waals surface area contributed by atoms with Crippen molar-refractivity contribution in [2.45, 2.75) is 43.5 Å². The molecule has 1 saturated carbocycles. The maximum Gasteiger partial charge on any atom is 0.191 e. The van der Waals surface area contributed by atoms with Crippen LogP contribution in [0.3, 0.4) is 0 Å². The molecule has 0 bridgehead atoms. The second-order valence-electron chi connectivity index (χ2n) is 6.53. The second kappa shape index (κ2) is 8.76. The lowest BCUT2D eigenvalue weighted by atomic mass is 10.2. The zero-order valence-electron chi connectivity index (χ0n) is 14.9. The van der Waals surface area contributed by atoms with Gasteiger partial charge in [-0.2, -0.15) is 0 Å². The van der Waals surface area contributed by atoms with Crippen molar-refractivity contribution < 1.29 is 4.74 Å². The molecule has 4 rings (SSSR count). The number of ether oxygens (including phenoxy) is 1. The van der Waals surface area contributed by atoms with E-state index in [-0.39, 0.29) is 0 Å². The number of hydrogen-bond acceptors (Lipinski definition) is 5. The van der Waals surface area contributed by atoms with Crippen LogP contribution in [0.4, 0.5) is 0 Å². The molecule has 3 aromatic rings. The minimum absolute atomic E-state index is 0.380. The summed E-state index contributed by atoms with van der Waals surface area (Å²) < 4.78 is 8.11. The van der Waals surface area contributed by atoms with Crippen molar-refractivity contribution in [3.63, 3.8) is 0 Å². The Morgan fingerprint density at radius 1 is 1.11 bits per heavy atom.